The van der Waals surface area contributed by atoms with Crippen molar-refractivity contribution in [1.82, 2.24) is 24.4 Å². The van der Waals surface area contributed by atoms with Gasteiger partial charge in [0.1, 0.15) is 18.3 Å². The lowest BCUT2D eigenvalue weighted by molar-refractivity contribution is -0.129. The average Bonchev–Trinajstić information content (AvgIpc) is 3.54. The molecule has 254 valence electrons. The van der Waals surface area contributed by atoms with Crippen molar-refractivity contribution in [3.05, 3.63) is 76.2 Å². The predicted molar refractivity (Wildman–Crippen MR) is 178 cm³/mol. The SMILES string of the molecule is Cc1nc(CN2C(=O)CN(C(C(=O)N[C@@H](Cc3ccccc3)[C@H](O)CN(CC(C)C)S(=O)(=O)c3ccc(O)cc3)C(C)C)C2=O)cs1. The third-order valence-electron chi connectivity index (χ3n) is 7.83. The Balaban J connectivity index is 1.59. The third-order valence-corrected chi connectivity index (χ3v) is 10.5. The van der Waals surface area contributed by atoms with Crippen LogP contribution in [0.5, 0.6) is 5.75 Å². The van der Waals surface area contributed by atoms with Crippen LogP contribution in [0.1, 0.15) is 44.0 Å². The molecule has 1 aromatic heterocycles. The molecular formula is C33H43N5O7S2. The van der Waals surface area contributed by atoms with Gasteiger partial charge in [0, 0.05) is 18.5 Å². The van der Waals surface area contributed by atoms with Crippen LogP contribution in [0.2, 0.25) is 0 Å². The van der Waals surface area contributed by atoms with Gasteiger partial charge >= 0.3 is 6.03 Å². The summed E-state index contributed by atoms with van der Waals surface area (Å²) in [6.07, 6.45) is -1.17. The Hall–Kier alpha value is -3.85. The molecule has 0 bridgehead atoms. The maximum Gasteiger partial charge on any atom is 0.328 e. The summed E-state index contributed by atoms with van der Waals surface area (Å²) in [5.74, 6) is -1.57. The molecule has 1 aliphatic heterocycles. The number of aromatic hydroxyl groups is 1. The first-order valence-electron chi connectivity index (χ1n) is 15.5. The number of phenols is 1. The van der Waals surface area contributed by atoms with E-state index >= 15 is 0 Å². The minimum Gasteiger partial charge on any atom is -0.508 e. The Morgan fingerprint density at radius 1 is 1.04 bits per heavy atom. The van der Waals surface area contributed by atoms with Gasteiger partial charge in [-0.25, -0.2) is 18.2 Å². The van der Waals surface area contributed by atoms with Gasteiger partial charge in [0.05, 0.1) is 34.3 Å². The predicted octanol–water partition coefficient (Wildman–Crippen LogP) is 3.38. The second kappa shape index (κ2) is 15.4. The van der Waals surface area contributed by atoms with E-state index in [-0.39, 0.29) is 49.2 Å². The molecule has 0 spiro atoms. The standard InChI is InChI=1S/C33H43N5O7S2/c1-21(2)16-36(47(44,45)27-13-11-26(39)12-14-27)18-29(40)28(15-24-9-7-6-8-10-24)35-32(42)31(22(3)4)38-19-30(41)37(33(38)43)17-25-20-46-23(5)34-25/h6-14,20-22,28-29,31,39-40H,15-19H2,1-5H3,(H,35,42)/t28-,29+,31?/m0/s1. The lowest BCUT2D eigenvalue weighted by atomic mass is 9.97. The molecule has 4 rings (SSSR count). The van der Waals surface area contributed by atoms with E-state index in [1.807, 2.05) is 51.1 Å². The molecule has 2 heterocycles. The normalized spacial score (nSPS) is 15.9. The van der Waals surface area contributed by atoms with Gasteiger partial charge < -0.3 is 20.4 Å². The first kappa shape index (κ1) is 36.0. The summed E-state index contributed by atoms with van der Waals surface area (Å²) in [6, 6.07) is 11.7. The number of amides is 4. The quantitative estimate of drug-likeness (QED) is 0.205. The lowest BCUT2D eigenvalue weighted by Crippen LogP contribution is -2.57. The third kappa shape index (κ3) is 8.95. The fourth-order valence-electron chi connectivity index (χ4n) is 5.58. The molecule has 1 unspecified atom stereocenters. The van der Waals surface area contributed by atoms with Crippen LogP contribution in [-0.4, -0.2) is 93.4 Å². The Labute approximate surface area is 280 Å². The number of carbonyl (C=O) groups excluding carboxylic acids is 3. The molecule has 1 aliphatic rings. The number of hydrogen-bond donors (Lipinski definition) is 3. The fourth-order valence-corrected chi connectivity index (χ4v) is 7.81. The zero-order valence-electron chi connectivity index (χ0n) is 27.2. The highest BCUT2D eigenvalue weighted by atomic mass is 32.2. The van der Waals surface area contributed by atoms with Crippen molar-refractivity contribution in [2.45, 2.75) is 70.7 Å². The molecule has 3 atom stereocenters. The van der Waals surface area contributed by atoms with E-state index < -0.39 is 52.0 Å². The minimum atomic E-state index is -4.08. The summed E-state index contributed by atoms with van der Waals surface area (Å²) in [5.41, 5.74) is 1.38. The number of urea groups is 1. The number of carbonyl (C=O) groups is 3. The molecule has 12 nitrogen and oxygen atoms in total. The van der Waals surface area contributed by atoms with Crippen molar-refractivity contribution in [3.63, 3.8) is 0 Å². The van der Waals surface area contributed by atoms with Gasteiger partial charge in [0.25, 0.3) is 5.91 Å². The number of nitrogens with one attached hydrogen (secondary N) is 1. The van der Waals surface area contributed by atoms with Gasteiger partial charge in [-0.15, -0.1) is 11.3 Å². The largest absolute Gasteiger partial charge is 0.508 e. The van der Waals surface area contributed by atoms with Crippen molar-refractivity contribution < 1.29 is 33.0 Å². The van der Waals surface area contributed by atoms with Crippen LogP contribution in [0.15, 0.2) is 64.9 Å². The van der Waals surface area contributed by atoms with Gasteiger partial charge in [-0.1, -0.05) is 58.0 Å². The van der Waals surface area contributed by atoms with Crippen molar-refractivity contribution in [1.29, 1.82) is 0 Å². The number of phenolic OH excluding ortho intramolecular Hbond substituents is 1. The van der Waals surface area contributed by atoms with E-state index in [1.54, 1.807) is 19.2 Å². The van der Waals surface area contributed by atoms with E-state index in [1.165, 1.54) is 44.8 Å². The number of hydrogen-bond acceptors (Lipinski definition) is 9. The number of aromatic nitrogens is 1. The van der Waals surface area contributed by atoms with E-state index in [0.29, 0.717) is 5.69 Å². The first-order valence-corrected chi connectivity index (χ1v) is 17.8. The molecule has 14 heteroatoms. The molecule has 0 radical (unpaired) electrons. The van der Waals surface area contributed by atoms with Crippen LogP contribution < -0.4 is 5.32 Å². The van der Waals surface area contributed by atoms with Crippen LogP contribution in [0.3, 0.4) is 0 Å². The summed E-state index contributed by atoms with van der Waals surface area (Å²) in [4.78, 5) is 47.1. The van der Waals surface area contributed by atoms with Crippen LogP contribution >= 0.6 is 11.3 Å². The number of aryl methyl sites for hydroxylation is 1. The highest BCUT2D eigenvalue weighted by molar-refractivity contribution is 7.89. The van der Waals surface area contributed by atoms with Gasteiger partial charge in [-0.3, -0.25) is 14.5 Å². The van der Waals surface area contributed by atoms with Crippen LogP contribution in [-0.2, 0) is 32.6 Å². The molecule has 1 saturated heterocycles. The van der Waals surface area contributed by atoms with E-state index in [4.69, 9.17) is 0 Å². The topological polar surface area (TPSA) is 160 Å². The number of thiazole rings is 1. The molecule has 47 heavy (non-hydrogen) atoms. The Kier molecular flexibility index (Phi) is 11.8. The second-order valence-corrected chi connectivity index (χ2v) is 15.5. The molecule has 3 N–H and O–H groups in total. The fraction of sp³-hybridized carbons (Fsp3) is 0.455. The first-order chi connectivity index (χ1) is 22.2. The summed E-state index contributed by atoms with van der Waals surface area (Å²) >= 11 is 1.41. The summed E-state index contributed by atoms with van der Waals surface area (Å²) < 4.78 is 28.5. The lowest BCUT2D eigenvalue weighted by Gasteiger charge is -2.34. The number of imide groups is 1. The van der Waals surface area contributed by atoms with Gasteiger partial charge in [-0.05, 0) is 55.0 Å². The Morgan fingerprint density at radius 3 is 2.28 bits per heavy atom. The van der Waals surface area contributed by atoms with Crippen LogP contribution in [0, 0.1) is 18.8 Å². The molecular weight excluding hydrogens is 643 g/mol. The highest BCUT2D eigenvalue weighted by Crippen LogP contribution is 2.24. The van der Waals surface area contributed by atoms with Crippen LogP contribution in [0.25, 0.3) is 0 Å². The Bertz CT molecular complexity index is 1640. The minimum absolute atomic E-state index is 0.00147. The summed E-state index contributed by atoms with van der Waals surface area (Å²) in [5, 5.41) is 26.8. The maximum atomic E-state index is 14.0. The number of sulfonamides is 1. The van der Waals surface area contributed by atoms with Gasteiger partial charge in [-0.2, -0.15) is 4.31 Å². The highest BCUT2D eigenvalue weighted by Gasteiger charge is 2.44. The molecule has 0 aliphatic carbocycles. The molecule has 0 saturated carbocycles. The smallest absolute Gasteiger partial charge is 0.328 e. The number of aliphatic hydroxyl groups is 1. The molecule has 1 fully saturated rings. The monoisotopic (exact) mass is 685 g/mol. The maximum absolute atomic E-state index is 14.0. The van der Waals surface area contributed by atoms with E-state index in [0.717, 1.165) is 15.5 Å². The Morgan fingerprint density at radius 2 is 1.70 bits per heavy atom. The zero-order valence-corrected chi connectivity index (χ0v) is 28.9. The molecule has 3 aromatic rings. The van der Waals surface area contributed by atoms with E-state index in [9.17, 15) is 33.0 Å². The average molecular weight is 686 g/mol. The van der Waals surface area contributed by atoms with Crippen molar-refractivity contribution >= 4 is 39.2 Å². The number of rotatable bonds is 15. The molecule has 2 aromatic carbocycles. The van der Waals surface area contributed by atoms with Crippen molar-refractivity contribution in [2.75, 3.05) is 19.6 Å². The number of nitrogens with zero attached hydrogens (tertiary/aromatic N) is 4. The molecule has 4 amide bonds. The van der Waals surface area contributed by atoms with Gasteiger partial charge in [0.2, 0.25) is 15.9 Å². The second-order valence-electron chi connectivity index (χ2n) is 12.5. The van der Waals surface area contributed by atoms with Crippen molar-refractivity contribution in [2.24, 2.45) is 11.8 Å². The van der Waals surface area contributed by atoms with E-state index in [2.05, 4.69) is 10.3 Å². The van der Waals surface area contributed by atoms with Crippen LogP contribution in [0.4, 0.5) is 4.79 Å². The summed E-state index contributed by atoms with van der Waals surface area (Å²) in [7, 11) is -4.08. The number of aliphatic hydroxyl groups excluding tert-OH is 1. The zero-order chi connectivity index (χ0) is 34.5. The van der Waals surface area contributed by atoms with Gasteiger partial charge in [0.15, 0.2) is 0 Å². The van der Waals surface area contributed by atoms with Crippen molar-refractivity contribution in [3.8, 4) is 5.75 Å². The number of benzene rings is 2. The summed E-state index contributed by atoms with van der Waals surface area (Å²) in [6.45, 7) is 8.58.